The molecule has 15 heteroatoms. The van der Waals surface area contributed by atoms with Crippen molar-refractivity contribution in [2.45, 2.75) is 44.6 Å². The Morgan fingerprint density at radius 1 is 0.893 bits per heavy atom. The van der Waals surface area contributed by atoms with Crippen LogP contribution in [0.4, 0.5) is 34.5 Å². The summed E-state index contributed by atoms with van der Waals surface area (Å²) in [5, 5.41) is 12.5. The van der Waals surface area contributed by atoms with Crippen LogP contribution in [0.5, 0.6) is 5.75 Å². The van der Waals surface area contributed by atoms with Gasteiger partial charge in [0.05, 0.1) is 31.2 Å². The number of anilines is 6. The lowest BCUT2D eigenvalue weighted by Gasteiger charge is -2.38. The largest absolute Gasteiger partial charge is 0.494 e. The SMILES string of the molecule is COc1cc(N2CCN(C(=O)CN3CCC(c4ccccc4NC4CCC(=O)NC4=O)CC3)CC2)ccc1Nc1ncc(Cl)c(Nc2ccccc2C(C)=O)n1. The van der Waals surface area contributed by atoms with E-state index in [0.29, 0.717) is 91.0 Å². The van der Waals surface area contributed by atoms with E-state index in [-0.39, 0.29) is 23.5 Å². The van der Waals surface area contributed by atoms with Gasteiger partial charge in [-0.3, -0.25) is 29.4 Å². The Bertz CT molecular complexity index is 2100. The summed E-state index contributed by atoms with van der Waals surface area (Å²) in [6, 6.07) is 20.7. The molecule has 3 aliphatic heterocycles. The standard InChI is InChI=1S/C41H46ClN9O5/c1-26(52)29-7-3-5-9-32(29)45-39-31(42)24-43-41(48-39)46-34-12-11-28(23-36(34)56-2)50-19-21-51(22-20-50)38(54)25-49-17-15-27(16-18-49)30-8-4-6-10-33(30)44-35-13-14-37(53)47-40(35)55/h3-12,23-24,27,35,44H,13-22,25H2,1-2H3,(H,47,53,55)(H2,43,45,46,48). The quantitative estimate of drug-likeness (QED) is 0.105. The molecule has 7 rings (SSSR count). The number of carbonyl (C=O) groups excluding carboxylic acids is 4. The molecule has 0 radical (unpaired) electrons. The van der Waals surface area contributed by atoms with E-state index >= 15 is 0 Å². The van der Waals surface area contributed by atoms with Crippen molar-refractivity contribution in [3.8, 4) is 5.75 Å². The molecule has 56 heavy (non-hydrogen) atoms. The summed E-state index contributed by atoms with van der Waals surface area (Å²) in [6.45, 7) is 6.16. The summed E-state index contributed by atoms with van der Waals surface area (Å²) in [7, 11) is 1.61. The fourth-order valence-electron chi connectivity index (χ4n) is 7.55. The summed E-state index contributed by atoms with van der Waals surface area (Å²) < 4.78 is 5.74. The van der Waals surface area contributed by atoms with Crippen LogP contribution in [0.3, 0.4) is 0 Å². The van der Waals surface area contributed by atoms with Crippen LogP contribution in [-0.4, -0.2) is 102 Å². The number of benzene rings is 3. The van der Waals surface area contributed by atoms with E-state index in [0.717, 1.165) is 37.3 Å². The number of ether oxygens (including phenoxy) is 1. The van der Waals surface area contributed by atoms with Crippen LogP contribution >= 0.6 is 11.6 Å². The summed E-state index contributed by atoms with van der Waals surface area (Å²) in [5.74, 6) is 1.13. The molecule has 14 nitrogen and oxygen atoms in total. The zero-order valence-corrected chi connectivity index (χ0v) is 32.3. The Morgan fingerprint density at radius 2 is 1.62 bits per heavy atom. The Kier molecular flexibility index (Phi) is 12.0. The number of ketones is 1. The van der Waals surface area contributed by atoms with Gasteiger partial charge in [0, 0.05) is 55.6 Å². The van der Waals surface area contributed by atoms with Crippen molar-refractivity contribution in [3.63, 3.8) is 0 Å². The minimum absolute atomic E-state index is 0.0790. The fraction of sp³-hybridized carbons (Fsp3) is 0.366. The van der Waals surface area contributed by atoms with Crippen molar-refractivity contribution < 1.29 is 23.9 Å². The number of Topliss-reactive ketones (excluding diaryl/α,β-unsaturated/α-hetero) is 1. The molecule has 0 saturated carbocycles. The molecule has 3 amide bonds. The number of carbonyl (C=O) groups is 4. The molecule has 3 fully saturated rings. The lowest BCUT2D eigenvalue weighted by atomic mass is 9.88. The molecule has 4 N–H and O–H groups in total. The number of likely N-dealkylation sites (tertiary alicyclic amines) is 1. The summed E-state index contributed by atoms with van der Waals surface area (Å²) in [4.78, 5) is 64.9. The molecule has 292 valence electrons. The van der Waals surface area contributed by atoms with E-state index in [4.69, 9.17) is 16.3 Å². The monoisotopic (exact) mass is 779 g/mol. The highest BCUT2D eigenvalue weighted by Crippen LogP contribution is 2.35. The highest BCUT2D eigenvalue weighted by Gasteiger charge is 2.30. The van der Waals surface area contributed by atoms with Crippen LogP contribution in [-0.2, 0) is 14.4 Å². The molecule has 0 spiro atoms. The van der Waals surface area contributed by atoms with E-state index in [1.54, 1.807) is 25.3 Å². The topological polar surface area (TPSA) is 161 Å². The number of piperidine rings is 2. The lowest BCUT2D eigenvalue weighted by Crippen LogP contribution is -2.52. The first-order valence-electron chi connectivity index (χ1n) is 18.9. The minimum Gasteiger partial charge on any atom is -0.494 e. The average molecular weight is 780 g/mol. The van der Waals surface area contributed by atoms with Crippen LogP contribution < -0.4 is 30.9 Å². The van der Waals surface area contributed by atoms with Gasteiger partial charge in [-0.15, -0.1) is 0 Å². The molecule has 3 saturated heterocycles. The number of methoxy groups -OCH3 is 1. The van der Waals surface area contributed by atoms with Gasteiger partial charge in [-0.1, -0.05) is 41.9 Å². The van der Waals surface area contributed by atoms with E-state index in [1.807, 2.05) is 47.4 Å². The van der Waals surface area contributed by atoms with Gasteiger partial charge in [-0.2, -0.15) is 4.98 Å². The number of para-hydroxylation sites is 2. The van der Waals surface area contributed by atoms with Crippen molar-refractivity contribution in [1.82, 2.24) is 25.1 Å². The molecule has 0 bridgehead atoms. The second-order valence-corrected chi connectivity index (χ2v) is 14.7. The Labute approximate surface area is 331 Å². The predicted molar refractivity (Wildman–Crippen MR) is 216 cm³/mol. The number of rotatable bonds is 12. The molecular formula is C41H46ClN9O5. The maximum atomic E-state index is 13.4. The summed E-state index contributed by atoms with van der Waals surface area (Å²) in [5.41, 5.74) is 4.88. The number of hydrogen-bond donors (Lipinski definition) is 4. The van der Waals surface area contributed by atoms with Gasteiger partial charge in [0.25, 0.3) is 0 Å². The molecule has 1 aromatic heterocycles. The molecule has 1 atom stereocenters. The van der Waals surface area contributed by atoms with Crippen molar-refractivity contribution in [2.24, 2.45) is 0 Å². The zero-order valence-electron chi connectivity index (χ0n) is 31.5. The fourth-order valence-corrected chi connectivity index (χ4v) is 7.69. The number of nitrogens with zero attached hydrogens (tertiary/aromatic N) is 5. The van der Waals surface area contributed by atoms with Gasteiger partial charge in [0.2, 0.25) is 23.7 Å². The van der Waals surface area contributed by atoms with E-state index in [9.17, 15) is 19.2 Å². The van der Waals surface area contributed by atoms with Crippen LogP contribution in [0.25, 0.3) is 0 Å². The molecule has 4 heterocycles. The Hall–Kier alpha value is -5.73. The van der Waals surface area contributed by atoms with Gasteiger partial charge >= 0.3 is 0 Å². The van der Waals surface area contributed by atoms with Crippen LogP contribution in [0, 0.1) is 0 Å². The molecule has 1 unspecified atom stereocenters. The van der Waals surface area contributed by atoms with E-state index in [2.05, 4.69) is 47.1 Å². The Morgan fingerprint density at radius 3 is 2.36 bits per heavy atom. The van der Waals surface area contributed by atoms with E-state index in [1.165, 1.54) is 18.7 Å². The third kappa shape index (κ3) is 9.03. The average Bonchev–Trinajstić information content (AvgIpc) is 3.21. The van der Waals surface area contributed by atoms with Crippen molar-refractivity contribution in [2.75, 3.05) is 73.8 Å². The number of piperazine rings is 1. The lowest BCUT2D eigenvalue weighted by molar-refractivity contribution is -0.134. The molecule has 4 aromatic rings. The van der Waals surface area contributed by atoms with E-state index < -0.39 is 6.04 Å². The first-order chi connectivity index (χ1) is 27.1. The number of aromatic nitrogens is 2. The Balaban J connectivity index is 0.901. The van der Waals surface area contributed by atoms with Crippen LogP contribution in [0.15, 0.2) is 72.9 Å². The third-order valence-corrected chi connectivity index (χ3v) is 10.9. The third-order valence-electron chi connectivity index (χ3n) is 10.6. The first-order valence-corrected chi connectivity index (χ1v) is 19.3. The molecule has 3 aromatic carbocycles. The second kappa shape index (κ2) is 17.4. The maximum Gasteiger partial charge on any atom is 0.249 e. The molecular weight excluding hydrogens is 734 g/mol. The smallest absolute Gasteiger partial charge is 0.249 e. The van der Waals surface area contributed by atoms with Crippen molar-refractivity contribution >= 4 is 69.6 Å². The number of halogens is 1. The van der Waals surface area contributed by atoms with Gasteiger partial charge in [-0.25, -0.2) is 4.98 Å². The van der Waals surface area contributed by atoms with Crippen LogP contribution in [0.2, 0.25) is 5.02 Å². The summed E-state index contributed by atoms with van der Waals surface area (Å²) in [6.07, 6.45) is 4.13. The van der Waals surface area contributed by atoms with Crippen molar-refractivity contribution in [3.05, 3.63) is 89.1 Å². The number of nitrogens with one attached hydrogen (secondary N) is 4. The van der Waals surface area contributed by atoms with Crippen LogP contribution in [0.1, 0.15) is 54.4 Å². The van der Waals surface area contributed by atoms with Gasteiger partial charge in [0.15, 0.2) is 11.6 Å². The molecule has 0 aliphatic carbocycles. The number of hydrogen-bond acceptors (Lipinski definition) is 12. The second-order valence-electron chi connectivity index (χ2n) is 14.3. The normalized spacial score (nSPS) is 17.9. The zero-order chi connectivity index (χ0) is 39.2. The minimum atomic E-state index is -0.427. The van der Waals surface area contributed by atoms with Gasteiger partial charge in [-0.05, 0) is 81.1 Å². The van der Waals surface area contributed by atoms with Gasteiger partial charge < -0.3 is 30.5 Å². The number of amides is 3. The highest BCUT2D eigenvalue weighted by atomic mass is 35.5. The molecule has 3 aliphatic rings. The number of imide groups is 1. The maximum absolute atomic E-state index is 13.4. The highest BCUT2D eigenvalue weighted by molar-refractivity contribution is 6.33. The van der Waals surface area contributed by atoms with Gasteiger partial charge in [0.1, 0.15) is 16.8 Å². The predicted octanol–water partition coefficient (Wildman–Crippen LogP) is 5.57. The summed E-state index contributed by atoms with van der Waals surface area (Å²) >= 11 is 6.41. The van der Waals surface area contributed by atoms with Crippen molar-refractivity contribution in [1.29, 1.82) is 0 Å². The first kappa shape index (κ1) is 38.5.